The zero-order chi connectivity index (χ0) is 8.73. The third-order valence-corrected chi connectivity index (χ3v) is 0.183. The Kier molecular flexibility index (Phi) is 61.9. The number of carboxylic acid groups (broad SMARTS) is 3. The first-order valence-corrected chi connectivity index (χ1v) is 2.03. The number of nitrogens with two attached hydrogens (primary N) is 2. The van der Waals surface area contributed by atoms with E-state index >= 15 is 0 Å². The van der Waals surface area contributed by atoms with Crippen molar-refractivity contribution in [3.8, 4) is 0 Å². The van der Waals surface area contributed by atoms with Crippen LogP contribution in [0, 0.1) is 0 Å². The molecule has 0 aliphatic rings. The Labute approximate surface area is 93.8 Å². The number of carboxylic acids is 3. The van der Waals surface area contributed by atoms with Crippen molar-refractivity contribution in [3.63, 3.8) is 0 Å². The fraction of sp³-hybridized carbons (Fsp3) is 0.250. The third kappa shape index (κ3) is 123. The Morgan fingerprint density at radius 3 is 0.929 bits per heavy atom. The van der Waals surface area contributed by atoms with Gasteiger partial charge in [-0.05, 0) is 0 Å². The third-order valence-electron chi connectivity index (χ3n) is 0.183. The van der Waals surface area contributed by atoms with Crippen molar-refractivity contribution in [1.29, 1.82) is 0 Å². The number of hydrogen-bond acceptors (Lipinski definition) is 3. The molecule has 0 heterocycles. The van der Waals surface area contributed by atoms with Gasteiger partial charge in [-0.25, -0.2) is 9.59 Å². The Hall–Kier alpha value is -1.02. The smallest absolute Gasteiger partial charge is 0.693 e. The van der Waals surface area contributed by atoms with Crippen LogP contribution in [0.5, 0.6) is 0 Å². The molecule has 0 fully saturated rings. The van der Waals surface area contributed by atoms with Crippen LogP contribution in [0.3, 0.4) is 0 Å². The van der Waals surface area contributed by atoms with Crippen molar-refractivity contribution < 1.29 is 56.2 Å². The summed E-state index contributed by atoms with van der Waals surface area (Å²) in [7, 11) is 0. The topological polar surface area (TPSA) is 210 Å². The van der Waals surface area contributed by atoms with E-state index in [1.165, 1.54) is 0 Å². The maximum atomic E-state index is 9.10. The average molecular weight is 395 g/mol. The fourth-order valence-corrected chi connectivity index (χ4v) is 0. The van der Waals surface area contributed by atoms with Crippen LogP contribution in [0.15, 0.2) is 0 Å². The predicted octanol–water partition coefficient (Wildman–Crippen LogP) is -0.146. The molecule has 14 heavy (non-hydrogen) atoms. The average Bonchev–Trinajstić information content (AvgIpc) is 1.63. The van der Waals surface area contributed by atoms with Crippen LogP contribution in [-0.2, 0) is 35.4 Å². The molecule has 0 aromatic carbocycles. The second-order valence-corrected chi connectivity index (χ2v) is 1.13. The van der Waals surface area contributed by atoms with Crippen LogP contribution < -0.4 is 0 Å². The first-order valence-electron chi connectivity index (χ1n) is 2.03. The molecule has 0 aliphatic heterocycles. The largest absolute Gasteiger partial charge is 2.00 e. The van der Waals surface area contributed by atoms with Gasteiger partial charge in [0.25, 0.3) is 5.97 Å². The molecule has 0 radical (unpaired) electrons. The van der Waals surface area contributed by atoms with Gasteiger partial charge in [-0.3, -0.25) is 4.79 Å². The van der Waals surface area contributed by atoms with E-state index in [4.69, 9.17) is 29.7 Å². The molecule has 0 spiro atoms. The molecule has 0 aliphatic carbocycles. The van der Waals surface area contributed by atoms with Gasteiger partial charge in [-0.15, -0.1) is 0 Å². The summed E-state index contributed by atoms with van der Waals surface area (Å²) in [5.74, 6) is -4.48. The Balaban J connectivity index is -0.0000000185. The van der Waals surface area contributed by atoms with Crippen LogP contribution in [0.2, 0.25) is 0 Å². The van der Waals surface area contributed by atoms with Crippen molar-refractivity contribution in [2.24, 2.45) is 0 Å². The summed E-state index contributed by atoms with van der Waals surface area (Å²) in [5, 5.41) is 22.2. The minimum atomic E-state index is -1.82. The molecule has 0 aromatic heterocycles. The van der Waals surface area contributed by atoms with E-state index in [2.05, 4.69) is 0 Å². The van der Waals surface area contributed by atoms with Crippen LogP contribution in [0.4, 0.5) is 0 Å². The van der Waals surface area contributed by atoms with Crippen molar-refractivity contribution in [2.45, 2.75) is 6.92 Å². The number of hydrogen-bond donors (Lipinski definition) is 3. The van der Waals surface area contributed by atoms with Gasteiger partial charge in [0.05, 0.1) is 0 Å². The molecule has 0 saturated carbocycles. The summed E-state index contributed by atoms with van der Waals surface area (Å²) in [6.07, 6.45) is 0. The van der Waals surface area contributed by atoms with Crippen molar-refractivity contribution in [1.82, 2.24) is 0 Å². The molecular formula is C4H12N2O7Pt. The van der Waals surface area contributed by atoms with Gasteiger partial charge in [-0.2, -0.15) is 0 Å². The van der Waals surface area contributed by atoms with Gasteiger partial charge in [0.1, 0.15) is 0 Å². The molecule has 0 rings (SSSR count). The first-order chi connectivity index (χ1) is 4.37. The van der Waals surface area contributed by atoms with E-state index in [0.29, 0.717) is 0 Å². The Morgan fingerprint density at radius 1 is 0.857 bits per heavy atom. The number of rotatable bonds is 0. The molecule has 0 bridgehead atoms. The summed E-state index contributed by atoms with van der Waals surface area (Å²) in [5.41, 5.74) is 0. The molecule has 0 aromatic rings. The summed E-state index contributed by atoms with van der Waals surface area (Å²) < 4.78 is 0. The molecule has 0 unspecified atom stereocenters. The van der Waals surface area contributed by atoms with Gasteiger partial charge < -0.3 is 33.1 Å². The minimum absolute atomic E-state index is 0. The molecule has 10 heteroatoms. The van der Waals surface area contributed by atoms with Crippen LogP contribution in [0.1, 0.15) is 6.92 Å². The molecule has 0 saturated heterocycles. The van der Waals surface area contributed by atoms with Crippen LogP contribution in [-0.4, -0.2) is 38.7 Å². The summed E-state index contributed by atoms with van der Waals surface area (Å²) >= 11 is 0. The van der Waals surface area contributed by atoms with Crippen LogP contribution in [0.25, 0.3) is 12.3 Å². The molecule has 0 amide bonds. The van der Waals surface area contributed by atoms with Crippen LogP contribution >= 0.6 is 0 Å². The van der Waals surface area contributed by atoms with E-state index in [1.54, 1.807) is 0 Å². The molecule has 9 nitrogen and oxygen atoms in total. The standard InChI is InChI=1S/C2H2O4.C2H4O2.2H2N.H2O.Pt/c3-1(4)2(5)6;1-2(3)4;;;;/h(H,3,4)(H,5,6);1H3,(H,3,4);3*1H2;/q;;2*-1;;+2. The van der Waals surface area contributed by atoms with Gasteiger partial charge in [0.15, 0.2) is 0 Å². The second-order valence-electron chi connectivity index (χ2n) is 1.13. The van der Waals surface area contributed by atoms with E-state index in [0.717, 1.165) is 6.92 Å². The minimum Gasteiger partial charge on any atom is -0.693 e. The molecule has 9 N–H and O–H groups in total. The summed E-state index contributed by atoms with van der Waals surface area (Å²) in [4.78, 5) is 27.2. The van der Waals surface area contributed by atoms with E-state index < -0.39 is 17.9 Å². The van der Waals surface area contributed by atoms with E-state index in [-0.39, 0.29) is 38.8 Å². The maximum Gasteiger partial charge on any atom is 2.00 e. The number of aliphatic carboxylic acids is 3. The van der Waals surface area contributed by atoms with Gasteiger partial charge in [0.2, 0.25) is 0 Å². The van der Waals surface area contributed by atoms with Crippen molar-refractivity contribution >= 4 is 17.9 Å². The molecule has 90 valence electrons. The monoisotopic (exact) mass is 395 g/mol. The second kappa shape index (κ2) is 22.7. The quantitative estimate of drug-likeness (QED) is 0.474. The summed E-state index contributed by atoms with van der Waals surface area (Å²) in [6.45, 7) is 1.08. The number of carbonyl (C=O) groups is 3. The van der Waals surface area contributed by atoms with Crippen molar-refractivity contribution in [2.75, 3.05) is 0 Å². The zero-order valence-corrected chi connectivity index (χ0v) is 9.31. The molecule has 0 atom stereocenters. The van der Waals surface area contributed by atoms with Gasteiger partial charge in [-0.1, -0.05) is 0 Å². The van der Waals surface area contributed by atoms with E-state index in [1.807, 2.05) is 0 Å². The van der Waals surface area contributed by atoms with Crippen molar-refractivity contribution in [3.05, 3.63) is 12.3 Å². The Morgan fingerprint density at radius 2 is 0.929 bits per heavy atom. The maximum absolute atomic E-state index is 9.10. The van der Waals surface area contributed by atoms with Gasteiger partial charge in [0, 0.05) is 6.92 Å². The fourth-order valence-electron chi connectivity index (χ4n) is 0. The first kappa shape index (κ1) is 38.2. The predicted molar refractivity (Wildman–Crippen MR) is 42.8 cm³/mol. The van der Waals surface area contributed by atoms with E-state index in [9.17, 15) is 0 Å². The normalized spacial score (nSPS) is 4.93. The summed E-state index contributed by atoms with van der Waals surface area (Å²) in [6, 6.07) is 0. The zero-order valence-electron chi connectivity index (χ0n) is 7.04. The molecular weight excluding hydrogens is 383 g/mol. The van der Waals surface area contributed by atoms with Gasteiger partial charge >= 0.3 is 33.0 Å². The SMILES string of the molecule is CC(=O)O.O.O=C(O)C(=O)O.[NH2-].[NH2-].[Pt+2]. The Bertz CT molecular complexity index is 146.